The smallest absolute Gasteiger partial charge is 0.244 e. The predicted molar refractivity (Wildman–Crippen MR) is 141 cm³/mol. The van der Waals surface area contributed by atoms with Crippen LogP contribution in [0.4, 0.5) is 5.69 Å². The van der Waals surface area contributed by atoms with E-state index in [-0.39, 0.29) is 5.91 Å². The van der Waals surface area contributed by atoms with Gasteiger partial charge in [-0.1, -0.05) is 31.9 Å². The van der Waals surface area contributed by atoms with Crippen LogP contribution in [0.25, 0.3) is 6.08 Å². The van der Waals surface area contributed by atoms with Crippen LogP contribution in [0.3, 0.4) is 0 Å². The van der Waals surface area contributed by atoms with Gasteiger partial charge in [-0.15, -0.1) is 0 Å². The predicted octanol–water partition coefficient (Wildman–Crippen LogP) is 4.64. The van der Waals surface area contributed by atoms with E-state index in [0.717, 1.165) is 56.3 Å². The summed E-state index contributed by atoms with van der Waals surface area (Å²) in [6.07, 6.45) is 11.6. The van der Waals surface area contributed by atoms with E-state index in [2.05, 4.69) is 72.1 Å². The molecule has 1 N–H and O–H groups in total. The highest BCUT2D eigenvalue weighted by molar-refractivity contribution is 5.91. The van der Waals surface area contributed by atoms with E-state index in [1.807, 2.05) is 6.08 Å². The van der Waals surface area contributed by atoms with Gasteiger partial charge in [0.15, 0.2) is 0 Å². The maximum absolute atomic E-state index is 12.2. The van der Waals surface area contributed by atoms with Crippen LogP contribution in [0.1, 0.15) is 64.9 Å². The van der Waals surface area contributed by atoms with Crippen LogP contribution in [-0.2, 0) is 4.79 Å². The number of hydrogen-bond acceptors (Lipinski definition) is 4. The summed E-state index contributed by atoms with van der Waals surface area (Å²) in [6.45, 7) is 12.7. The Morgan fingerprint density at radius 1 is 1.06 bits per heavy atom. The molecule has 0 spiro atoms. The average molecular weight is 455 g/mol. The molecule has 0 aromatic heterocycles. The second-order valence-corrected chi connectivity index (χ2v) is 9.96. The van der Waals surface area contributed by atoms with E-state index in [1.54, 1.807) is 6.08 Å². The first-order chi connectivity index (χ1) is 16.0. The van der Waals surface area contributed by atoms with Gasteiger partial charge < -0.3 is 20.0 Å². The van der Waals surface area contributed by atoms with Crippen LogP contribution in [-0.4, -0.2) is 74.1 Å². The van der Waals surface area contributed by atoms with E-state index in [0.29, 0.717) is 6.54 Å². The number of benzene rings is 1. The lowest BCUT2D eigenvalue weighted by Crippen LogP contribution is -2.50. The second-order valence-electron chi connectivity index (χ2n) is 9.96. The zero-order chi connectivity index (χ0) is 23.6. The molecule has 1 aliphatic heterocycles. The van der Waals surface area contributed by atoms with Crippen molar-refractivity contribution < 1.29 is 4.79 Å². The number of nitrogens with zero attached hydrogens (tertiary/aromatic N) is 3. The van der Waals surface area contributed by atoms with Gasteiger partial charge in [-0.2, -0.15) is 0 Å². The molecule has 33 heavy (non-hydrogen) atoms. The molecule has 1 heterocycles. The Morgan fingerprint density at radius 3 is 2.36 bits per heavy atom. The summed E-state index contributed by atoms with van der Waals surface area (Å²) in [5, 5.41) is 3.05. The summed E-state index contributed by atoms with van der Waals surface area (Å²) >= 11 is 0. The highest BCUT2D eigenvalue weighted by Crippen LogP contribution is 2.30. The van der Waals surface area contributed by atoms with Gasteiger partial charge in [0.25, 0.3) is 0 Å². The molecule has 0 radical (unpaired) electrons. The number of amides is 1. The van der Waals surface area contributed by atoms with Gasteiger partial charge in [0.1, 0.15) is 0 Å². The van der Waals surface area contributed by atoms with Gasteiger partial charge in [0.2, 0.25) is 5.91 Å². The van der Waals surface area contributed by atoms with Crippen molar-refractivity contribution in [2.24, 2.45) is 5.92 Å². The molecule has 1 aromatic rings. The third kappa shape index (κ3) is 7.58. The largest absolute Gasteiger partial charge is 0.372 e. The molecule has 2 fully saturated rings. The molecule has 1 aliphatic carbocycles. The topological polar surface area (TPSA) is 38.8 Å². The van der Waals surface area contributed by atoms with Crippen LogP contribution in [0.15, 0.2) is 30.3 Å². The summed E-state index contributed by atoms with van der Waals surface area (Å²) < 4.78 is 0. The number of nitrogens with one attached hydrogen (secondary N) is 1. The second kappa shape index (κ2) is 13.1. The number of likely N-dealkylation sites (tertiary alicyclic amines) is 1. The van der Waals surface area contributed by atoms with Gasteiger partial charge in [-0.3, -0.25) is 4.79 Å². The van der Waals surface area contributed by atoms with Gasteiger partial charge in [-0.25, -0.2) is 0 Å². The van der Waals surface area contributed by atoms with Crippen molar-refractivity contribution in [1.29, 1.82) is 0 Å². The highest BCUT2D eigenvalue weighted by Gasteiger charge is 2.31. The van der Waals surface area contributed by atoms with Crippen molar-refractivity contribution >= 4 is 17.7 Å². The number of rotatable bonds is 10. The lowest BCUT2D eigenvalue weighted by Gasteiger charge is -2.44. The first-order valence-electron chi connectivity index (χ1n) is 13.3. The zero-order valence-corrected chi connectivity index (χ0v) is 21.4. The number of hydrogen-bond donors (Lipinski definition) is 1. The molecule has 3 rings (SSSR count). The van der Waals surface area contributed by atoms with E-state index in [1.165, 1.54) is 44.2 Å². The SMILES string of the molecule is CCN(CC)c1ccc(/C=C/C(=O)NCCN2CCC(N(C)C3CCCCC3C)CC2)cc1. The number of anilines is 1. The highest BCUT2D eigenvalue weighted by atomic mass is 16.1. The summed E-state index contributed by atoms with van der Waals surface area (Å²) in [6, 6.07) is 9.90. The van der Waals surface area contributed by atoms with E-state index < -0.39 is 0 Å². The molecule has 1 amide bonds. The number of carbonyl (C=O) groups excluding carboxylic acids is 1. The van der Waals surface area contributed by atoms with Crippen LogP contribution in [0.5, 0.6) is 0 Å². The Balaban J connectivity index is 1.34. The Morgan fingerprint density at radius 2 is 1.73 bits per heavy atom. The molecule has 1 saturated heterocycles. The zero-order valence-electron chi connectivity index (χ0n) is 21.4. The first-order valence-corrected chi connectivity index (χ1v) is 13.3. The van der Waals surface area contributed by atoms with E-state index >= 15 is 0 Å². The monoisotopic (exact) mass is 454 g/mol. The van der Waals surface area contributed by atoms with E-state index in [9.17, 15) is 4.79 Å². The Hall–Kier alpha value is -1.85. The molecule has 2 atom stereocenters. The van der Waals surface area contributed by atoms with Crippen LogP contribution in [0.2, 0.25) is 0 Å². The third-order valence-corrected chi connectivity index (χ3v) is 7.90. The van der Waals surface area contributed by atoms with Crippen molar-refractivity contribution in [2.45, 2.75) is 71.4 Å². The van der Waals surface area contributed by atoms with Crippen molar-refractivity contribution in [1.82, 2.24) is 15.1 Å². The Labute approximate surface area is 202 Å². The maximum Gasteiger partial charge on any atom is 0.244 e. The summed E-state index contributed by atoms with van der Waals surface area (Å²) in [7, 11) is 2.36. The molecule has 5 nitrogen and oxygen atoms in total. The molecule has 0 bridgehead atoms. The third-order valence-electron chi connectivity index (χ3n) is 7.90. The van der Waals surface area contributed by atoms with Crippen LogP contribution >= 0.6 is 0 Å². The summed E-state index contributed by atoms with van der Waals surface area (Å²) in [5.74, 6) is 0.828. The molecule has 2 aliphatic rings. The van der Waals surface area contributed by atoms with Crippen LogP contribution < -0.4 is 10.2 Å². The lowest BCUT2D eigenvalue weighted by molar-refractivity contribution is -0.116. The standard InChI is InChI=1S/C28H46N4O/c1-5-32(6-2)26-14-11-24(12-15-26)13-16-28(33)29-19-22-31-20-17-25(18-21-31)30(4)27-10-8-7-9-23(27)3/h11-16,23,25,27H,5-10,17-22H2,1-4H3,(H,29,33)/b16-13+. The van der Waals surface area contributed by atoms with Crippen molar-refractivity contribution in [3.8, 4) is 0 Å². The molecular formula is C28H46N4O. The van der Waals surface area contributed by atoms with E-state index in [4.69, 9.17) is 0 Å². The minimum Gasteiger partial charge on any atom is -0.372 e. The molecule has 1 saturated carbocycles. The molecular weight excluding hydrogens is 408 g/mol. The first kappa shape index (κ1) is 25.8. The molecule has 184 valence electrons. The van der Waals surface area contributed by atoms with Crippen molar-refractivity contribution in [2.75, 3.05) is 51.2 Å². The average Bonchev–Trinajstić information content (AvgIpc) is 2.84. The van der Waals surface area contributed by atoms with Gasteiger partial charge in [-0.05, 0) is 89.4 Å². The fourth-order valence-electron chi connectivity index (χ4n) is 5.68. The van der Waals surface area contributed by atoms with Crippen molar-refractivity contribution in [3.05, 3.63) is 35.9 Å². The van der Waals surface area contributed by atoms with Gasteiger partial charge >= 0.3 is 0 Å². The minimum atomic E-state index is -0.0104. The Bertz CT molecular complexity index is 735. The maximum atomic E-state index is 12.2. The fourth-order valence-corrected chi connectivity index (χ4v) is 5.68. The van der Waals surface area contributed by atoms with Crippen molar-refractivity contribution in [3.63, 3.8) is 0 Å². The lowest BCUT2D eigenvalue weighted by atomic mass is 9.84. The summed E-state index contributed by atoms with van der Waals surface area (Å²) in [5.41, 5.74) is 2.28. The number of carbonyl (C=O) groups is 1. The molecule has 1 aromatic carbocycles. The minimum absolute atomic E-state index is 0.0104. The quantitative estimate of drug-likeness (QED) is 0.523. The van der Waals surface area contributed by atoms with Gasteiger partial charge in [0.05, 0.1) is 0 Å². The van der Waals surface area contributed by atoms with Gasteiger partial charge in [0, 0.05) is 50.0 Å². The number of piperidine rings is 1. The Kier molecular flexibility index (Phi) is 10.3. The summed E-state index contributed by atoms with van der Waals surface area (Å²) in [4.78, 5) is 19.8. The fraction of sp³-hybridized carbons (Fsp3) is 0.679. The molecule has 2 unspecified atom stereocenters. The molecule has 5 heteroatoms. The normalized spacial score (nSPS) is 22.7. The van der Waals surface area contributed by atoms with Crippen LogP contribution in [0, 0.1) is 5.92 Å².